The smallest absolute Gasteiger partial charge is 0.0505 e. The fraction of sp³-hybridized carbons (Fsp3) is 0. The summed E-state index contributed by atoms with van der Waals surface area (Å²) in [5, 5.41) is 0. The third-order valence-corrected chi connectivity index (χ3v) is 2.32. The second-order valence-corrected chi connectivity index (χ2v) is 3.27. The summed E-state index contributed by atoms with van der Waals surface area (Å²) in [6.45, 7) is 0. The summed E-state index contributed by atoms with van der Waals surface area (Å²) in [4.78, 5) is 0. The molecule has 0 bridgehead atoms. The minimum Gasteiger partial charge on any atom is -0.0766 e. The van der Waals surface area contributed by atoms with E-state index in [1.807, 2.05) is 0 Å². The summed E-state index contributed by atoms with van der Waals surface area (Å²) in [6, 6.07) is 0. The van der Waals surface area contributed by atoms with E-state index in [1.54, 1.807) is 0 Å². The highest BCUT2D eigenvalue weighted by molar-refractivity contribution is 6.54. The van der Waals surface area contributed by atoms with Gasteiger partial charge in [-0.25, -0.2) is 0 Å². The summed E-state index contributed by atoms with van der Waals surface area (Å²) < 4.78 is 0. The van der Waals surface area contributed by atoms with Crippen molar-refractivity contribution in [2.45, 2.75) is 0 Å². The Bertz CT molecular complexity index is 288. The van der Waals surface area contributed by atoms with Gasteiger partial charge in [0.05, 0.1) is 9.13 Å². The topological polar surface area (TPSA) is 0 Å². The molecule has 1 aliphatic heterocycles. The van der Waals surface area contributed by atoms with Crippen LogP contribution >= 0.6 is 0 Å². The van der Waals surface area contributed by atoms with Crippen molar-refractivity contribution in [1.82, 2.24) is 0 Å². The number of hydrogen-bond acceptors (Lipinski definition) is 0. The van der Waals surface area contributed by atoms with E-state index in [9.17, 15) is 0 Å². The first-order valence-electron chi connectivity index (χ1n) is 3.32. The molecule has 1 radical (unpaired) electrons. The molecule has 0 amide bonds. The molecule has 0 atom stereocenters. The van der Waals surface area contributed by atoms with E-state index in [4.69, 9.17) is 0 Å². The van der Waals surface area contributed by atoms with Crippen LogP contribution in [0.25, 0.3) is 0 Å². The van der Waals surface area contributed by atoms with Crippen LogP contribution in [-0.2, 0) is 0 Å². The maximum atomic E-state index is 2.21. The van der Waals surface area contributed by atoms with Crippen molar-refractivity contribution in [3.05, 3.63) is 47.2 Å². The van der Waals surface area contributed by atoms with Crippen LogP contribution in [0.2, 0.25) is 0 Å². The van der Waals surface area contributed by atoms with Crippen LogP contribution in [0.3, 0.4) is 0 Å². The molecule has 0 fully saturated rings. The van der Waals surface area contributed by atoms with E-state index < -0.39 is 0 Å². The third kappa shape index (κ3) is 0.887. The summed E-state index contributed by atoms with van der Waals surface area (Å²) in [6.07, 6.45) is 10.8. The Hall–Kier alpha value is -0.953. The highest BCUT2D eigenvalue weighted by Crippen LogP contribution is 2.19. The molecular formula is C9H7Si. The Morgan fingerprint density at radius 3 is 2.90 bits per heavy atom. The SMILES string of the molecule is C1=CC2=CC=[Si]C=CC2=C1. The predicted octanol–water partition coefficient (Wildman–Crippen LogP) is 1.44. The Morgan fingerprint density at radius 2 is 1.90 bits per heavy atom. The van der Waals surface area contributed by atoms with Crippen LogP contribution in [0.1, 0.15) is 0 Å². The highest BCUT2D eigenvalue weighted by Gasteiger charge is 2.01. The van der Waals surface area contributed by atoms with E-state index in [-0.39, 0.29) is 0 Å². The fourth-order valence-corrected chi connectivity index (χ4v) is 1.75. The third-order valence-electron chi connectivity index (χ3n) is 1.60. The van der Waals surface area contributed by atoms with Crippen LogP contribution in [0.15, 0.2) is 47.2 Å². The van der Waals surface area contributed by atoms with Gasteiger partial charge in [-0.1, -0.05) is 41.8 Å². The van der Waals surface area contributed by atoms with Gasteiger partial charge >= 0.3 is 0 Å². The lowest BCUT2D eigenvalue weighted by molar-refractivity contribution is 1.64. The molecule has 1 heterocycles. The normalized spacial score (nSPS) is 20.0. The van der Waals surface area contributed by atoms with Gasteiger partial charge in [0.2, 0.25) is 0 Å². The van der Waals surface area contributed by atoms with Crippen LogP contribution in [-0.4, -0.2) is 14.8 Å². The second-order valence-electron chi connectivity index (χ2n) is 2.27. The lowest BCUT2D eigenvalue weighted by Crippen LogP contribution is -1.75. The highest BCUT2D eigenvalue weighted by atomic mass is 28.2. The Morgan fingerprint density at radius 1 is 1.00 bits per heavy atom. The zero-order chi connectivity index (χ0) is 6.81. The van der Waals surface area contributed by atoms with Gasteiger partial charge in [0, 0.05) is 0 Å². The van der Waals surface area contributed by atoms with Gasteiger partial charge in [-0.3, -0.25) is 0 Å². The molecule has 0 nitrogen and oxygen atoms in total. The molecule has 1 heteroatoms. The van der Waals surface area contributed by atoms with Gasteiger partial charge in [-0.05, 0) is 11.1 Å². The van der Waals surface area contributed by atoms with Crippen LogP contribution in [0.5, 0.6) is 0 Å². The van der Waals surface area contributed by atoms with Crippen molar-refractivity contribution >= 4 is 14.8 Å². The number of rotatable bonds is 0. The van der Waals surface area contributed by atoms with E-state index in [1.165, 1.54) is 11.1 Å². The standard InChI is InChI=1S/C9H7Si/c1-2-8-4-6-10-7-5-9(8)3-1/h1-7H. The molecule has 0 saturated heterocycles. The quantitative estimate of drug-likeness (QED) is 0.450. The van der Waals surface area contributed by atoms with Crippen molar-refractivity contribution in [1.29, 1.82) is 0 Å². The first-order chi connectivity index (χ1) is 4.97. The largest absolute Gasteiger partial charge is 0.0766 e. The average molecular weight is 143 g/mol. The van der Waals surface area contributed by atoms with E-state index in [2.05, 4.69) is 41.8 Å². The number of hydrogen-bond donors (Lipinski definition) is 0. The van der Waals surface area contributed by atoms with Crippen LogP contribution in [0.4, 0.5) is 0 Å². The molecule has 1 aliphatic carbocycles. The lowest BCUT2D eigenvalue weighted by atomic mass is 10.1. The summed E-state index contributed by atoms with van der Waals surface area (Å²) in [5.74, 6) is 0. The second kappa shape index (κ2) is 2.35. The van der Waals surface area contributed by atoms with E-state index in [0.29, 0.717) is 0 Å². The maximum Gasteiger partial charge on any atom is 0.0505 e. The van der Waals surface area contributed by atoms with Gasteiger partial charge in [-0.15, -0.1) is 0 Å². The molecular weight excluding hydrogens is 136 g/mol. The van der Waals surface area contributed by atoms with Crippen molar-refractivity contribution in [3.63, 3.8) is 0 Å². The molecule has 0 N–H and O–H groups in total. The Kier molecular flexibility index (Phi) is 1.36. The molecule has 10 heavy (non-hydrogen) atoms. The van der Waals surface area contributed by atoms with Gasteiger partial charge in [-0.2, -0.15) is 0 Å². The molecule has 0 aromatic rings. The van der Waals surface area contributed by atoms with E-state index in [0.717, 1.165) is 9.13 Å². The molecule has 0 aromatic heterocycles. The average Bonchev–Trinajstić information content (AvgIpc) is 2.28. The maximum absolute atomic E-state index is 2.21. The number of fused-ring (bicyclic) bond motifs is 1. The molecule has 2 rings (SSSR count). The van der Waals surface area contributed by atoms with E-state index >= 15 is 0 Å². The summed E-state index contributed by atoms with van der Waals surface area (Å²) in [7, 11) is 0.847. The van der Waals surface area contributed by atoms with Gasteiger partial charge in [0.25, 0.3) is 0 Å². The fourth-order valence-electron chi connectivity index (χ4n) is 1.08. The summed E-state index contributed by atoms with van der Waals surface area (Å²) in [5.41, 5.74) is 7.12. The zero-order valence-corrected chi connectivity index (χ0v) is 6.54. The Balaban J connectivity index is 2.50. The minimum absolute atomic E-state index is 0.847. The summed E-state index contributed by atoms with van der Waals surface area (Å²) >= 11 is 0. The zero-order valence-electron chi connectivity index (χ0n) is 5.54. The van der Waals surface area contributed by atoms with Crippen molar-refractivity contribution in [3.8, 4) is 0 Å². The van der Waals surface area contributed by atoms with Gasteiger partial charge < -0.3 is 0 Å². The molecule has 0 saturated carbocycles. The number of allylic oxidation sites excluding steroid dienone is 7. The minimum atomic E-state index is 0.847. The first kappa shape index (κ1) is 5.80. The predicted molar refractivity (Wildman–Crippen MR) is 46.3 cm³/mol. The van der Waals surface area contributed by atoms with Crippen molar-refractivity contribution < 1.29 is 0 Å². The molecule has 2 aliphatic rings. The lowest BCUT2D eigenvalue weighted by Gasteiger charge is -1.92. The van der Waals surface area contributed by atoms with Crippen molar-refractivity contribution in [2.24, 2.45) is 0 Å². The van der Waals surface area contributed by atoms with Gasteiger partial charge in [0.15, 0.2) is 0 Å². The monoisotopic (exact) mass is 143 g/mol. The van der Waals surface area contributed by atoms with Gasteiger partial charge in [0.1, 0.15) is 0 Å². The molecule has 47 valence electrons. The molecule has 0 spiro atoms. The molecule has 0 aromatic carbocycles. The first-order valence-corrected chi connectivity index (χ1v) is 4.47. The van der Waals surface area contributed by atoms with Crippen LogP contribution in [0, 0.1) is 0 Å². The molecule has 0 unspecified atom stereocenters. The Labute approximate surface area is 62.7 Å². The van der Waals surface area contributed by atoms with Crippen molar-refractivity contribution in [2.75, 3.05) is 0 Å². The van der Waals surface area contributed by atoms with Crippen LogP contribution < -0.4 is 0 Å².